The Morgan fingerprint density at radius 3 is 2.41 bits per heavy atom. The molecule has 1 aliphatic heterocycles. The number of nitrogens with zero attached hydrogens (tertiary/aromatic N) is 3. The van der Waals surface area contributed by atoms with Gasteiger partial charge in [0.15, 0.2) is 5.15 Å². The second-order valence-corrected chi connectivity index (χ2v) is 8.80. The summed E-state index contributed by atoms with van der Waals surface area (Å²) >= 11 is 12.5. The van der Waals surface area contributed by atoms with Crippen molar-refractivity contribution in [1.29, 1.82) is 0 Å². The fourth-order valence-electron chi connectivity index (χ4n) is 3.42. The number of amides is 1. The Morgan fingerprint density at radius 1 is 1.17 bits per heavy atom. The van der Waals surface area contributed by atoms with Crippen LogP contribution in [0.25, 0.3) is 10.9 Å². The molecular weight excluding hydrogens is 415 g/mol. The zero-order valence-electron chi connectivity index (χ0n) is 16.7. The van der Waals surface area contributed by atoms with Crippen LogP contribution in [0.1, 0.15) is 31.1 Å². The largest absolute Gasteiger partial charge is 0.459 e. The third-order valence-electron chi connectivity index (χ3n) is 4.59. The Morgan fingerprint density at radius 2 is 1.83 bits per heavy atom. The van der Waals surface area contributed by atoms with Crippen LogP contribution in [0.5, 0.6) is 0 Å². The normalized spacial score (nSPS) is 15.6. The molecule has 0 aliphatic carbocycles. The van der Waals surface area contributed by atoms with E-state index in [4.69, 9.17) is 33.7 Å². The summed E-state index contributed by atoms with van der Waals surface area (Å²) in [6.45, 7) is 8.10. The molecule has 3 rings (SSSR count). The summed E-state index contributed by atoms with van der Waals surface area (Å²) in [6, 6.07) is 5.06. The summed E-state index contributed by atoms with van der Waals surface area (Å²) < 4.78 is 5.38. The number of anilines is 1. The number of hydrogen-bond acceptors (Lipinski definition) is 6. The molecule has 1 saturated heterocycles. The van der Waals surface area contributed by atoms with E-state index in [1.54, 1.807) is 18.2 Å². The number of carbonyl (C=O) groups is 2. The van der Waals surface area contributed by atoms with Crippen molar-refractivity contribution < 1.29 is 14.3 Å². The summed E-state index contributed by atoms with van der Waals surface area (Å²) in [7, 11) is 0. The lowest BCUT2D eigenvalue weighted by Crippen LogP contribution is -2.49. The van der Waals surface area contributed by atoms with Crippen LogP contribution in [0.15, 0.2) is 18.2 Å². The van der Waals surface area contributed by atoms with Gasteiger partial charge in [-0.05, 0) is 39.0 Å². The van der Waals surface area contributed by atoms with Gasteiger partial charge in [-0.2, -0.15) is 0 Å². The molecule has 0 bridgehead atoms. The van der Waals surface area contributed by atoms with Gasteiger partial charge in [-0.15, -0.1) is 0 Å². The van der Waals surface area contributed by atoms with Gasteiger partial charge in [-0.3, -0.25) is 14.5 Å². The molecule has 9 heteroatoms. The molecule has 1 amide bonds. The number of benzene rings is 1. The average Bonchev–Trinajstić information content (AvgIpc) is 2.60. The van der Waals surface area contributed by atoms with Crippen LogP contribution in [-0.4, -0.2) is 60.1 Å². The van der Waals surface area contributed by atoms with E-state index in [0.29, 0.717) is 53.4 Å². The number of piperazine rings is 1. The fourth-order valence-corrected chi connectivity index (χ4v) is 3.90. The highest BCUT2D eigenvalue weighted by Crippen LogP contribution is 2.35. The molecule has 2 heterocycles. The highest BCUT2D eigenvalue weighted by atomic mass is 35.5. The minimum Gasteiger partial charge on any atom is -0.459 e. The van der Waals surface area contributed by atoms with Gasteiger partial charge in [0.05, 0.1) is 23.3 Å². The quantitative estimate of drug-likeness (QED) is 0.582. The summed E-state index contributed by atoms with van der Waals surface area (Å²) in [6.07, 6.45) is 0. The zero-order chi connectivity index (χ0) is 21.3. The molecule has 0 saturated carbocycles. The number of esters is 1. The van der Waals surface area contributed by atoms with Gasteiger partial charge in [0.1, 0.15) is 5.60 Å². The van der Waals surface area contributed by atoms with Crippen LogP contribution < -0.4 is 10.6 Å². The van der Waals surface area contributed by atoms with E-state index >= 15 is 0 Å². The van der Waals surface area contributed by atoms with Crippen LogP contribution in [0, 0.1) is 0 Å². The molecule has 1 fully saturated rings. The van der Waals surface area contributed by atoms with Gasteiger partial charge in [-0.25, -0.2) is 4.98 Å². The molecule has 0 atom stereocenters. The van der Waals surface area contributed by atoms with Crippen LogP contribution in [0.2, 0.25) is 10.2 Å². The summed E-state index contributed by atoms with van der Waals surface area (Å²) in [5.41, 5.74) is 6.55. The summed E-state index contributed by atoms with van der Waals surface area (Å²) in [5, 5.41) is 1.27. The number of primary amides is 1. The number of hydrogen-bond donors (Lipinski definition) is 1. The molecule has 7 nitrogen and oxygen atoms in total. The number of halogens is 2. The minimum absolute atomic E-state index is 0.215. The molecule has 2 N–H and O–H groups in total. The second-order valence-electron chi connectivity index (χ2n) is 8.00. The molecule has 1 aliphatic rings. The predicted molar refractivity (Wildman–Crippen MR) is 115 cm³/mol. The minimum atomic E-state index is -0.590. The average molecular weight is 439 g/mol. The van der Waals surface area contributed by atoms with Crippen molar-refractivity contribution in [3.05, 3.63) is 33.9 Å². The van der Waals surface area contributed by atoms with Crippen molar-refractivity contribution in [2.45, 2.75) is 26.4 Å². The second kappa shape index (κ2) is 8.34. The third kappa shape index (κ3) is 5.10. The number of nitrogens with two attached hydrogens (primary N) is 1. The maximum absolute atomic E-state index is 12.3. The number of rotatable bonds is 4. The highest BCUT2D eigenvalue weighted by molar-refractivity contribution is 6.35. The molecule has 156 valence electrons. The topological polar surface area (TPSA) is 88.8 Å². The molecule has 0 unspecified atom stereocenters. The molecule has 29 heavy (non-hydrogen) atoms. The molecule has 2 aromatic rings. The zero-order valence-corrected chi connectivity index (χ0v) is 18.2. The van der Waals surface area contributed by atoms with Gasteiger partial charge < -0.3 is 15.4 Å². The van der Waals surface area contributed by atoms with Crippen molar-refractivity contribution in [3.8, 4) is 0 Å². The Kier molecular flexibility index (Phi) is 6.22. The highest BCUT2D eigenvalue weighted by Gasteiger charge is 2.27. The van der Waals surface area contributed by atoms with E-state index in [0.717, 1.165) is 0 Å². The van der Waals surface area contributed by atoms with Crippen molar-refractivity contribution in [2.75, 3.05) is 37.6 Å². The first-order valence-corrected chi connectivity index (χ1v) is 10.1. The predicted octanol–water partition coefficient (Wildman–Crippen LogP) is 3.10. The molecule has 0 spiro atoms. The van der Waals surface area contributed by atoms with E-state index in [2.05, 4.69) is 4.98 Å². The van der Waals surface area contributed by atoms with Crippen LogP contribution in [-0.2, 0) is 9.53 Å². The maximum Gasteiger partial charge on any atom is 0.320 e. The molecule has 0 radical (unpaired) electrons. The monoisotopic (exact) mass is 438 g/mol. The van der Waals surface area contributed by atoms with E-state index in [1.165, 1.54) is 0 Å². The number of carbonyl (C=O) groups excluding carboxylic acids is 2. The van der Waals surface area contributed by atoms with Crippen molar-refractivity contribution in [2.24, 2.45) is 5.73 Å². The third-order valence-corrected chi connectivity index (χ3v) is 5.09. The van der Waals surface area contributed by atoms with Crippen molar-refractivity contribution >= 4 is 51.7 Å². The standard InChI is InChI=1S/C20H24Cl2N4O3/c1-20(2,3)29-15(27)11-25-6-8-26(9-7-25)17-16(19(23)28)13-10-12(21)4-5-14(13)24-18(17)22/h4-5,10H,6-9,11H2,1-3H3,(H2,23,28). The number of fused-ring (bicyclic) bond motifs is 1. The van der Waals surface area contributed by atoms with Gasteiger partial charge in [-0.1, -0.05) is 23.2 Å². The first-order chi connectivity index (χ1) is 13.5. The van der Waals surface area contributed by atoms with Crippen LogP contribution in [0.3, 0.4) is 0 Å². The fraction of sp³-hybridized carbons (Fsp3) is 0.450. The lowest BCUT2D eigenvalue weighted by atomic mass is 10.1. The van der Waals surface area contributed by atoms with Crippen LogP contribution >= 0.6 is 23.2 Å². The summed E-state index contributed by atoms with van der Waals surface area (Å²) in [4.78, 5) is 32.7. The Bertz CT molecular complexity index is 951. The summed E-state index contributed by atoms with van der Waals surface area (Å²) in [5.74, 6) is -0.850. The Labute approximate surface area is 179 Å². The number of pyridine rings is 1. The Hall–Kier alpha value is -2.09. The van der Waals surface area contributed by atoms with Gasteiger partial charge in [0.2, 0.25) is 0 Å². The van der Waals surface area contributed by atoms with E-state index in [1.807, 2.05) is 30.6 Å². The first-order valence-electron chi connectivity index (χ1n) is 9.33. The first kappa shape index (κ1) is 21.6. The van der Waals surface area contributed by atoms with Crippen molar-refractivity contribution in [1.82, 2.24) is 9.88 Å². The Balaban J connectivity index is 1.82. The number of aromatic nitrogens is 1. The lowest BCUT2D eigenvalue weighted by molar-refractivity contribution is -0.156. The van der Waals surface area contributed by atoms with Crippen molar-refractivity contribution in [3.63, 3.8) is 0 Å². The molecule has 1 aromatic heterocycles. The SMILES string of the molecule is CC(C)(C)OC(=O)CN1CCN(c2c(Cl)nc3ccc(Cl)cc3c2C(N)=O)CC1. The lowest BCUT2D eigenvalue weighted by Gasteiger charge is -2.37. The molecule has 1 aromatic carbocycles. The van der Waals surface area contributed by atoms with Gasteiger partial charge in [0, 0.05) is 36.6 Å². The van der Waals surface area contributed by atoms with E-state index in [-0.39, 0.29) is 17.7 Å². The van der Waals surface area contributed by atoms with E-state index < -0.39 is 11.5 Å². The number of ether oxygens (including phenoxy) is 1. The molecular formula is C20H24Cl2N4O3. The maximum atomic E-state index is 12.3. The smallest absolute Gasteiger partial charge is 0.320 e. The van der Waals surface area contributed by atoms with Gasteiger partial charge >= 0.3 is 5.97 Å². The van der Waals surface area contributed by atoms with Gasteiger partial charge in [0.25, 0.3) is 5.91 Å². The van der Waals surface area contributed by atoms with Crippen LogP contribution in [0.4, 0.5) is 5.69 Å². The van der Waals surface area contributed by atoms with E-state index in [9.17, 15) is 9.59 Å².